The van der Waals surface area contributed by atoms with Crippen molar-refractivity contribution in [1.82, 2.24) is 9.78 Å². The lowest BCUT2D eigenvalue weighted by atomic mass is 10.2. The molecule has 0 radical (unpaired) electrons. The fraction of sp³-hybridized carbons (Fsp3) is 0.375. The number of hydrogen-bond donors (Lipinski definition) is 1. The van der Waals surface area contributed by atoms with Gasteiger partial charge in [0.1, 0.15) is 0 Å². The van der Waals surface area contributed by atoms with Crippen LogP contribution < -0.4 is 10.2 Å². The van der Waals surface area contributed by atoms with Crippen LogP contribution >= 0.6 is 0 Å². The molecule has 1 amide bonds. The Morgan fingerprint density at radius 1 is 1.33 bits per heavy atom. The maximum Gasteiger partial charge on any atom is 0.227 e. The summed E-state index contributed by atoms with van der Waals surface area (Å²) in [5.74, 6) is 0.210. The zero-order valence-corrected chi connectivity index (χ0v) is 12.5. The van der Waals surface area contributed by atoms with E-state index in [0.29, 0.717) is 13.0 Å². The van der Waals surface area contributed by atoms with Crippen LogP contribution in [0.25, 0.3) is 0 Å². The number of aromatic nitrogens is 2. The summed E-state index contributed by atoms with van der Waals surface area (Å²) in [7, 11) is 1.94. The van der Waals surface area contributed by atoms with Crippen molar-refractivity contribution in [3.8, 4) is 0 Å². The van der Waals surface area contributed by atoms with E-state index in [1.54, 1.807) is 0 Å². The quantitative estimate of drug-likeness (QED) is 0.938. The number of amides is 1. The molecule has 0 aliphatic carbocycles. The van der Waals surface area contributed by atoms with Crippen LogP contribution in [0.1, 0.15) is 24.1 Å². The molecule has 0 bridgehead atoms. The minimum absolute atomic E-state index is 0.210. The molecule has 0 atom stereocenters. The number of anilines is 2. The van der Waals surface area contributed by atoms with Crippen LogP contribution in [-0.2, 0) is 18.4 Å². The van der Waals surface area contributed by atoms with Gasteiger partial charge in [-0.1, -0.05) is 12.1 Å². The van der Waals surface area contributed by atoms with E-state index in [9.17, 15) is 4.79 Å². The Morgan fingerprint density at radius 3 is 2.81 bits per heavy atom. The van der Waals surface area contributed by atoms with Crippen molar-refractivity contribution in [2.24, 2.45) is 7.05 Å². The lowest BCUT2D eigenvalue weighted by Gasteiger charge is -2.20. The van der Waals surface area contributed by atoms with Crippen LogP contribution in [0, 0.1) is 6.92 Å². The highest BCUT2D eigenvalue weighted by atomic mass is 16.2. The van der Waals surface area contributed by atoms with Gasteiger partial charge in [0.05, 0.1) is 17.6 Å². The molecule has 3 rings (SSSR count). The molecule has 0 unspecified atom stereocenters. The molecule has 21 heavy (non-hydrogen) atoms. The second-order valence-electron chi connectivity index (χ2n) is 5.40. The van der Waals surface area contributed by atoms with E-state index < -0.39 is 0 Å². The Kier molecular flexibility index (Phi) is 3.64. The van der Waals surface area contributed by atoms with E-state index in [1.165, 1.54) is 5.56 Å². The van der Waals surface area contributed by atoms with Crippen molar-refractivity contribution in [2.45, 2.75) is 26.3 Å². The average molecular weight is 284 g/mol. The number of carbonyl (C=O) groups is 1. The highest BCUT2D eigenvalue weighted by Crippen LogP contribution is 2.29. The monoisotopic (exact) mass is 284 g/mol. The predicted octanol–water partition coefficient (Wildman–Crippen LogP) is 2.47. The van der Waals surface area contributed by atoms with Crippen LogP contribution in [0.2, 0.25) is 0 Å². The van der Waals surface area contributed by atoms with Crippen LogP contribution in [0.4, 0.5) is 11.4 Å². The van der Waals surface area contributed by atoms with E-state index in [2.05, 4.69) is 17.3 Å². The van der Waals surface area contributed by atoms with Crippen molar-refractivity contribution in [3.05, 3.63) is 41.7 Å². The average Bonchev–Trinajstić information content (AvgIpc) is 3.05. The van der Waals surface area contributed by atoms with E-state index in [4.69, 9.17) is 0 Å². The molecule has 1 aromatic carbocycles. The first-order valence-electron chi connectivity index (χ1n) is 7.27. The summed E-state index contributed by atoms with van der Waals surface area (Å²) < 4.78 is 1.87. The normalized spacial score (nSPS) is 14.8. The van der Waals surface area contributed by atoms with Gasteiger partial charge in [-0.3, -0.25) is 9.48 Å². The van der Waals surface area contributed by atoms with Gasteiger partial charge < -0.3 is 10.2 Å². The largest absolute Gasteiger partial charge is 0.379 e. The molecule has 1 N–H and O–H groups in total. The lowest BCUT2D eigenvalue weighted by Crippen LogP contribution is -2.24. The van der Waals surface area contributed by atoms with Gasteiger partial charge in [-0.25, -0.2) is 0 Å². The molecule has 1 aromatic heterocycles. The topological polar surface area (TPSA) is 50.2 Å². The molecule has 1 saturated heterocycles. The standard InChI is InChI=1S/C16H20N4O/c1-12-13(11-18-19(12)2)10-17-14-6-3-4-7-15(14)20-9-5-8-16(20)21/h3-4,6-7,11,17H,5,8-10H2,1-2H3. The third-order valence-electron chi connectivity index (χ3n) is 4.07. The summed E-state index contributed by atoms with van der Waals surface area (Å²) in [6, 6.07) is 7.98. The van der Waals surface area contributed by atoms with Crippen molar-refractivity contribution < 1.29 is 4.79 Å². The molecule has 2 aromatic rings. The number of aryl methyl sites for hydroxylation is 1. The number of rotatable bonds is 4. The molecule has 1 aliphatic heterocycles. The van der Waals surface area contributed by atoms with Crippen molar-refractivity contribution in [1.29, 1.82) is 0 Å². The van der Waals surface area contributed by atoms with Gasteiger partial charge in [0.25, 0.3) is 0 Å². The van der Waals surface area contributed by atoms with Crippen LogP contribution in [0.5, 0.6) is 0 Å². The summed E-state index contributed by atoms with van der Waals surface area (Å²) in [6.45, 7) is 3.57. The summed E-state index contributed by atoms with van der Waals surface area (Å²) in [5, 5.41) is 7.69. The van der Waals surface area contributed by atoms with Gasteiger partial charge in [-0.05, 0) is 25.5 Å². The molecule has 5 nitrogen and oxygen atoms in total. The molecular formula is C16H20N4O. The molecule has 0 saturated carbocycles. The smallest absolute Gasteiger partial charge is 0.227 e. The minimum atomic E-state index is 0.210. The number of hydrogen-bond acceptors (Lipinski definition) is 3. The zero-order chi connectivity index (χ0) is 14.8. The van der Waals surface area contributed by atoms with Crippen LogP contribution in [-0.4, -0.2) is 22.2 Å². The van der Waals surface area contributed by atoms with Gasteiger partial charge >= 0.3 is 0 Å². The summed E-state index contributed by atoms with van der Waals surface area (Å²) >= 11 is 0. The Hall–Kier alpha value is -2.30. The Bertz CT molecular complexity index is 662. The highest BCUT2D eigenvalue weighted by molar-refractivity contribution is 5.98. The predicted molar refractivity (Wildman–Crippen MR) is 83.3 cm³/mol. The van der Waals surface area contributed by atoms with Gasteiger partial charge in [0, 0.05) is 37.8 Å². The fourth-order valence-corrected chi connectivity index (χ4v) is 2.67. The van der Waals surface area contributed by atoms with E-state index in [1.807, 2.05) is 47.1 Å². The van der Waals surface area contributed by atoms with Crippen LogP contribution in [0.3, 0.4) is 0 Å². The van der Waals surface area contributed by atoms with E-state index >= 15 is 0 Å². The number of benzene rings is 1. The molecule has 1 fully saturated rings. The third-order valence-corrected chi connectivity index (χ3v) is 4.07. The first-order chi connectivity index (χ1) is 10.2. The number of nitrogens with zero attached hydrogens (tertiary/aromatic N) is 3. The number of carbonyl (C=O) groups excluding carboxylic acids is 1. The number of para-hydroxylation sites is 2. The molecule has 1 aliphatic rings. The number of nitrogens with one attached hydrogen (secondary N) is 1. The summed E-state index contributed by atoms with van der Waals surface area (Å²) in [4.78, 5) is 13.8. The molecular weight excluding hydrogens is 264 g/mol. The van der Waals surface area contributed by atoms with Gasteiger partial charge in [-0.2, -0.15) is 5.10 Å². The maximum absolute atomic E-state index is 11.9. The van der Waals surface area contributed by atoms with E-state index in [0.717, 1.165) is 30.0 Å². The highest BCUT2D eigenvalue weighted by Gasteiger charge is 2.23. The molecule has 0 spiro atoms. The van der Waals surface area contributed by atoms with Gasteiger partial charge in [-0.15, -0.1) is 0 Å². The van der Waals surface area contributed by atoms with Crippen LogP contribution in [0.15, 0.2) is 30.5 Å². The fourth-order valence-electron chi connectivity index (χ4n) is 2.67. The first-order valence-corrected chi connectivity index (χ1v) is 7.27. The second kappa shape index (κ2) is 5.60. The van der Waals surface area contributed by atoms with Gasteiger partial charge in [0.2, 0.25) is 5.91 Å². The SMILES string of the molecule is Cc1c(CNc2ccccc2N2CCCC2=O)cnn1C. The molecule has 110 valence electrons. The third kappa shape index (κ3) is 2.63. The van der Waals surface area contributed by atoms with Gasteiger partial charge in [0.15, 0.2) is 0 Å². The maximum atomic E-state index is 11.9. The zero-order valence-electron chi connectivity index (χ0n) is 12.5. The molecule has 5 heteroatoms. The Morgan fingerprint density at radius 2 is 2.14 bits per heavy atom. The minimum Gasteiger partial charge on any atom is -0.379 e. The van der Waals surface area contributed by atoms with Crippen molar-refractivity contribution in [3.63, 3.8) is 0 Å². The van der Waals surface area contributed by atoms with E-state index in [-0.39, 0.29) is 5.91 Å². The second-order valence-corrected chi connectivity index (χ2v) is 5.40. The van der Waals surface area contributed by atoms with Crippen molar-refractivity contribution >= 4 is 17.3 Å². The Balaban J connectivity index is 1.79. The first kappa shape index (κ1) is 13.7. The summed E-state index contributed by atoms with van der Waals surface area (Å²) in [6.07, 6.45) is 3.47. The summed E-state index contributed by atoms with van der Waals surface area (Å²) in [5.41, 5.74) is 4.29. The lowest BCUT2D eigenvalue weighted by molar-refractivity contribution is -0.117. The van der Waals surface area contributed by atoms with Crippen molar-refractivity contribution in [2.75, 3.05) is 16.8 Å². The molecule has 2 heterocycles. The Labute approximate surface area is 124 Å².